The molecule has 1 aliphatic heterocycles. The summed E-state index contributed by atoms with van der Waals surface area (Å²) in [4.78, 5) is 2.10. The molecule has 118 valence electrons. The van der Waals surface area contributed by atoms with Gasteiger partial charge in [-0.1, -0.05) is 12.1 Å². The molecule has 1 aromatic heterocycles. The lowest BCUT2D eigenvalue weighted by Gasteiger charge is -2.31. The van der Waals surface area contributed by atoms with Gasteiger partial charge in [-0.2, -0.15) is 0 Å². The molecule has 2 heterocycles. The van der Waals surface area contributed by atoms with E-state index in [2.05, 4.69) is 15.1 Å². The highest BCUT2D eigenvalue weighted by Gasteiger charge is 2.27. The van der Waals surface area contributed by atoms with Crippen LogP contribution in [0, 0.1) is 12.7 Å². The summed E-state index contributed by atoms with van der Waals surface area (Å²) < 4.78 is 30.3. The first-order valence-corrected chi connectivity index (χ1v) is 7.12. The maximum absolute atomic E-state index is 14.2. The number of benzene rings is 1. The van der Waals surface area contributed by atoms with E-state index in [4.69, 9.17) is 13.9 Å². The van der Waals surface area contributed by atoms with E-state index in [0.717, 1.165) is 6.54 Å². The minimum atomic E-state index is -0.318. The molecular formula is C15H18FN3O3. The van der Waals surface area contributed by atoms with Gasteiger partial charge in [0, 0.05) is 32.1 Å². The predicted molar refractivity (Wildman–Crippen MR) is 76.0 cm³/mol. The van der Waals surface area contributed by atoms with E-state index in [1.54, 1.807) is 25.1 Å². The molecule has 22 heavy (non-hydrogen) atoms. The average molecular weight is 307 g/mol. The van der Waals surface area contributed by atoms with Crippen molar-refractivity contribution in [2.75, 3.05) is 26.8 Å². The first-order chi connectivity index (χ1) is 10.7. The zero-order valence-corrected chi connectivity index (χ0v) is 12.6. The quantitative estimate of drug-likeness (QED) is 0.862. The van der Waals surface area contributed by atoms with Gasteiger partial charge in [-0.3, -0.25) is 4.90 Å². The molecule has 1 atom stereocenters. The second-order valence-corrected chi connectivity index (χ2v) is 5.19. The van der Waals surface area contributed by atoms with Gasteiger partial charge in [0.05, 0.1) is 13.7 Å². The molecule has 2 aromatic rings. The van der Waals surface area contributed by atoms with Crippen LogP contribution in [-0.4, -0.2) is 41.9 Å². The van der Waals surface area contributed by atoms with Crippen LogP contribution in [-0.2, 0) is 11.3 Å². The van der Waals surface area contributed by atoms with Crippen LogP contribution in [0.2, 0.25) is 0 Å². The summed E-state index contributed by atoms with van der Waals surface area (Å²) in [5, 5.41) is 7.81. The van der Waals surface area contributed by atoms with Crippen molar-refractivity contribution < 1.29 is 18.3 Å². The Morgan fingerprint density at radius 3 is 3.00 bits per heavy atom. The Morgan fingerprint density at radius 1 is 1.41 bits per heavy atom. The molecule has 0 radical (unpaired) electrons. The second-order valence-electron chi connectivity index (χ2n) is 5.19. The van der Waals surface area contributed by atoms with E-state index in [1.165, 1.54) is 7.11 Å². The zero-order valence-electron chi connectivity index (χ0n) is 12.6. The highest BCUT2D eigenvalue weighted by Crippen LogP contribution is 2.25. The Hall–Kier alpha value is -1.99. The average Bonchev–Trinajstić information content (AvgIpc) is 2.96. The molecular weight excluding hydrogens is 289 g/mol. The van der Waals surface area contributed by atoms with Gasteiger partial charge < -0.3 is 13.9 Å². The minimum absolute atomic E-state index is 0.259. The lowest BCUT2D eigenvalue weighted by atomic mass is 10.1. The summed E-state index contributed by atoms with van der Waals surface area (Å²) in [6.45, 7) is 4.06. The van der Waals surface area contributed by atoms with Crippen LogP contribution in [0.4, 0.5) is 4.39 Å². The number of aromatic nitrogens is 2. The predicted octanol–water partition coefficient (Wildman–Crippen LogP) is 2.10. The molecule has 0 amide bonds. The molecule has 1 saturated heterocycles. The van der Waals surface area contributed by atoms with Gasteiger partial charge >= 0.3 is 0 Å². The number of hydrogen-bond donors (Lipinski definition) is 0. The number of halogens is 1. The van der Waals surface area contributed by atoms with Crippen LogP contribution in [0.25, 0.3) is 0 Å². The molecule has 0 bridgehead atoms. The van der Waals surface area contributed by atoms with Gasteiger partial charge in [0.2, 0.25) is 11.8 Å². The fourth-order valence-corrected chi connectivity index (χ4v) is 2.51. The van der Waals surface area contributed by atoms with Crippen molar-refractivity contribution in [2.45, 2.75) is 19.6 Å². The fraction of sp³-hybridized carbons (Fsp3) is 0.467. The first-order valence-electron chi connectivity index (χ1n) is 7.12. The first kappa shape index (κ1) is 14.9. The van der Waals surface area contributed by atoms with Crippen molar-refractivity contribution in [3.63, 3.8) is 0 Å². The number of morpholine rings is 1. The molecule has 3 rings (SSSR count). The third-order valence-corrected chi connectivity index (χ3v) is 3.62. The van der Waals surface area contributed by atoms with Crippen LogP contribution in [0.3, 0.4) is 0 Å². The van der Waals surface area contributed by atoms with Crippen molar-refractivity contribution in [1.29, 1.82) is 0 Å². The largest absolute Gasteiger partial charge is 0.494 e. The lowest BCUT2D eigenvalue weighted by molar-refractivity contribution is -0.0459. The highest BCUT2D eigenvalue weighted by molar-refractivity contribution is 5.31. The Balaban J connectivity index is 1.70. The van der Waals surface area contributed by atoms with Gasteiger partial charge in [-0.25, -0.2) is 4.39 Å². The minimum Gasteiger partial charge on any atom is -0.494 e. The maximum atomic E-state index is 14.2. The standard InChI is InChI=1S/C15H18FN3O3/c1-10-17-18-15(22-10)13-9-19(6-7-21-13)8-11-4-3-5-12(20-2)14(11)16/h3-5,13H,6-9H2,1-2H3. The smallest absolute Gasteiger partial charge is 0.246 e. The lowest BCUT2D eigenvalue weighted by Crippen LogP contribution is -2.38. The number of hydrogen-bond acceptors (Lipinski definition) is 6. The van der Waals surface area contributed by atoms with E-state index in [-0.39, 0.29) is 17.7 Å². The second kappa shape index (κ2) is 6.41. The third kappa shape index (κ3) is 3.10. The zero-order chi connectivity index (χ0) is 15.5. The number of ether oxygens (including phenoxy) is 2. The van der Waals surface area contributed by atoms with Crippen molar-refractivity contribution in [2.24, 2.45) is 0 Å². The molecule has 0 N–H and O–H groups in total. The molecule has 0 spiro atoms. The summed E-state index contributed by atoms with van der Waals surface area (Å²) in [5.41, 5.74) is 0.599. The fourth-order valence-electron chi connectivity index (χ4n) is 2.51. The summed E-state index contributed by atoms with van der Waals surface area (Å²) in [7, 11) is 1.46. The number of rotatable bonds is 4. The number of methoxy groups -OCH3 is 1. The van der Waals surface area contributed by atoms with E-state index in [1.807, 2.05) is 0 Å². The summed E-state index contributed by atoms with van der Waals surface area (Å²) >= 11 is 0. The Morgan fingerprint density at radius 2 is 2.27 bits per heavy atom. The van der Waals surface area contributed by atoms with Gasteiger partial charge in [0.1, 0.15) is 6.10 Å². The summed E-state index contributed by atoms with van der Waals surface area (Å²) in [5.74, 6) is 0.916. The van der Waals surface area contributed by atoms with Crippen molar-refractivity contribution >= 4 is 0 Å². The van der Waals surface area contributed by atoms with Gasteiger partial charge in [-0.15, -0.1) is 10.2 Å². The van der Waals surface area contributed by atoms with E-state index in [0.29, 0.717) is 37.0 Å². The Kier molecular flexibility index (Phi) is 4.35. The van der Waals surface area contributed by atoms with Crippen LogP contribution >= 0.6 is 0 Å². The highest BCUT2D eigenvalue weighted by atomic mass is 19.1. The van der Waals surface area contributed by atoms with Gasteiger partial charge in [0.25, 0.3) is 0 Å². The Bertz CT molecular complexity index is 647. The third-order valence-electron chi connectivity index (χ3n) is 3.62. The molecule has 1 aromatic carbocycles. The molecule has 0 aliphatic carbocycles. The van der Waals surface area contributed by atoms with Crippen LogP contribution in [0.1, 0.15) is 23.4 Å². The van der Waals surface area contributed by atoms with E-state index in [9.17, 15) is 4.39 Å². The Labute approximate surface area is 127 Å². The molecule has 6 nitrogen and oxygen atoms in total. The van der Waals surface area contributed by atoms with E-state index < -0.39 is 0 Å². The normalized spacial score (nSPS) is 19.3. The summed E-state index contributed by atoms with van der Waals surface area (Å²) in [6, 6.07) is 5.16. The van der Waals surface area contributed by atoms with Gasteiger partial charge in [-0.05, 0) is 6.07 Å². The monoisotopic (exact) mass is 307 g/mol. The van der Waals surface area contributed by atoms with Crippen molar-refractivity contribution in [3.05, 3.63) is 41.4 Å². The van der Waals surface area contributed by atoms with Crippen LogP contribution < -0.4 is 4.74 Å². The molecule has 1 aliphatic rings. The SMILES string of the molecule is COc1cccc(CN2CCOC(c3nnc(C)o3)C2)c1F. The maximum Gasteiger partial charge on any atom is 0.246 e. The summed E-state index contributed by atoms with van der Waals surface area (Å²) in [6.07, 6.45) is -0.274. The molecule has 1 fully saturated rings. The topological polar surface area (TPSA) is 60.6 Å². The van der Waals surface area contributed by atoms with Crippen molar-refractivity contribution in [3.8, 4) is 5.75 Å². The van der Waals surface area contributed by atoms with Crippen molar-refractivity contribution in [1.82, 2.24) is 15.1 Å². The number of nitrogens with zero attached hydrogens (tertiary/aromatic N) is 3. The number of aryl methyl sites for hydroxylation is 1. The molecule has 0 saturated carbocycles. The van der Waals surface area contributed by atoms with Crippen LogP contribution in [0.15, 0.2) is 22.6 Å². The van der Waals surface area contributed by atoms with Gasteiger partial charge in [0.15, 0.2) is 11.6 Å². The van der Waals surface area contributed by atoms with E-state index >= 15 is 0 Å². The molecule has 1 unspecified atom stereocenters. The molecule has 7 heteroatoms. The van der Waals surface area contributed by atoms with Crippen LogP contribution in [0.5, 0.6) is 5.75 Å².